The minimum absolute atomic E-state index is 0.274. The molecule has 0 bridgehead atoms. The number of rotatable bonds is 5. The van der Waals surface area contributed by atoms with Gasteiger partial charge in [0.1, 0.15) is 9.83 Å². The number of halogens is 1. The Balaban J connectivity index is 1.66. The summed E-state index contributed by atoms with van der Waals surface area (Å²) >= 11 is 9.00. The molecule has 0 radical (unpaired) electrons. The van der Waals surface area contributed by atoms with E-state index in [0.29, 0.717) is 27.0 Å². The van der Waals surface area contributed by atoms with Gasteiger partial charge in [-0.15, -0.1) is 22.7 Å². The minimum atomic E-state index is -0.547. The van der Waals surface area contributed by atoms with Crippen molar-refractivity contribution in [1.82, 2.24) is 9.78 Å². The highest BCUT2D eigenvalue weighted by Gasteiger charge is 2.22. The number of fused-ring (bicyclic) bond motifs is 1. The van der Waals surface area contributed by atoms with Crippen LogP contribution in [0.25, 0.3) is 10.2 Å². The number of nitrogens with zero attached hydrogens (tertiary/aromatic N) is 2. The molecule has 30 heavy (non-hydrogen) atoms. The van der Waals surface area contributed by atoms with E-state index >= 15 is 0 Å². The van der Waals surface area contributed by atoms with E-state index in [4.69, 9.17) is 17.3 Å². The Morgan fingerprint density at radius 3 is 2.63 bits per heavy atom. The average molecular weight is 459 g/mol. The molecule has 4 aromatic rings. The Labute approximate surface area is 186 Å². The molecule has 154 valence electrons. The third-order valence-corrected chi connectivity index (χ3v) is 7.61. The van der Waals surface area contributed by atoms with Crippen LogP contribution in [0, 0.1) is 20.8 Å². The molecular formula is C21H19ClN4O2S2. The molecule has 3 aromatic heterocycles. The summed E-state index contributed by atoms with van der Waals surface area (Å²) in [5, 5.41) is 9.54. The number of hydrogen-bond acceptors (Lipinski definition) is 5. The van der Waals surface area contributed by atoms with Gasteiger partial charge in [-0.2, -0.15) is 5.10 Å². The number of anilines is 1. The van der Waals surface area contributed by atoms with Crippen molar-refractivity contribution in [1.29, 1.82) is 0 Å². The van der Waals surface area contributed by atoms with Crippen molar-refractivity contribution in [3.63, 3.8) is 0 Å². The number of hydrogen-bond donors (Lipinski definition) is 2. The minimum Gasteiger partial charge on any atom is -0.365 e. The molecule has 0 saturated carbocycles. The lowest BCUT2D eigenvalue weighted by molar-refractivity contribution is 0.100. The fourth-order valence-electron chi connectivity index (χ4n) is 3.30. The number of aromatic nitrogens is 2. The zero-order valence-corrected chi connectivity index (χ0v) is 19.0. The van der Waals surface area contributed by atoms with E-state index in [-0.39, 0.29) is 5.91 Å². The summed E-state index contributed by atoms with van der Waals surface area (Å²) in [5.74, 6) is -0.821. The van der Waals surface area contributed by atoms with E-state index in [9.17, 15) is 9.59 Å². The smallest absolute Gasteiger partial charge is 0.266 e. The molecule has 2 amide bonds. The van der Waals surface area contributed by atoms with Gasteiger partial charge < -0.3 is 11.1 Å². The summed E-state index contributed by atoms with van der Waals surface area (Å²) in [6, 6.07) is 9.46. The Morgan fingerprint density at radius 2 is 1.93 bits per heavy atom. The predicted octanol–water partition coefficient (Wildman–Crippen LogP) is 5.14. The number of benzene rings is 1. The van der Waals surface area contributed by atoms with Crippen LogP contribution in [0.2, 0.25) is 5.02 Å². The van der Waals surface area contributed by atoms with Crippen LogP contribution >= 0.6 is 34.3 Å². The lowest BCUT2D eigenvalue weighted by Gasteiger charge is -2.05. The fraction of sp³-hybridized carbons (Fsp3) is 0.190. The zero-order chi connectivity index (χ0) is 21.6. The highest BCUT2D eigenvalue weighted by Crippen LogP contribution is 2.34. The molecule has 0 unspecified atom stereocenters. The van der Waals surface area contributed by atoms with Crippen LogP contribution in [-0.4, -0.2) is 21.6 Å². The number of primary amides is 1. The molecule has 0 fully saturated rings. The standard InChI is InChI=1S/C21H19ClN4O2S2/c1-10-12(3)29-20(17(10)18(23)27)24-19(28)16-8-14-11(2)25-26(21(14)30-16)9-13-6-4-5-7-15(13)22/h4-8H,9H2,1-3H3,(H2,23,27)(H,24,28). The van der Waals surface area contributed by atoms with Crippen LogP contribution in [0.4, 0.5) is 5.00 Å². The van der Waals surface area contributed by atoms with Gasteiger partial charge in [-0.05, 0) is 44.0 Å². The van der Waals surface area contributed by atoms with Crippen molar-refractivity contribution in [3.8, 4) is 0 Å². The second-order valence-electron chi connectivity index (χ2n) is 6.97. The van der Waals surface area contributed by atoms with Gasteiger partial charge in [0.25, 0.3) is 11.8 Å². The first-order valence-electron chi connectivity index (χ1n) is 9.17. The van der Waals surface area contributed by atoms with Crippen molar-refractivity contribution in [2.24, 2.45) is 5.73 Å². The van der Waals surface area contributed by atoms with Gasteiger partial charge in [0.15, 0.2) is 0 Å². The van der Waals surface area contributed by atoms with E-state index < -0.39 is 5.91 Å². The quantitative estimate of drug-likeness (QED) is 0.434. The fourth-order valence-corrected chi connectivity index (χ4v) is 5.61. The molecule has 0 aliphatic rings. The van der Waals surface area contributed by atoms with E-state index in [0.717, 1.165) is 31.9 Å². The number of thiophene rings is 2. The van der Waals surface area contributed by atoms with E-state index in [2.05, 4.69) is 10.4 Å². The number of aryl methyl sites for hydroxylation is 2. The van der Waals surface area contributed by atoms with Gasteiger partial charge in [-0.1, -0.05) is 29.8 Å². The van der Waals surface area contributed by atoms with Gasteiger partial charge in [0, 0.05) is 15.3 Å². The maximum atomic E-state index is 12.9. The maximum Gasteiger partial charge on any atom is 0.266 e. The zero-order valence-electron chi connectivity index (χ0n) is 16.6. The Kier molecular flexibility index (Phi) is 5.40. The third kappa shape index (κ3) is 3.62. The molecule has 0 aliphatic heterocycles. The van der Waals surface area contributed by atoms with Crippen molar-refractivity contribution in [2.75, 3.05) is 5.32 Å². The predicted molar refractivity (Wildman–Crippen MR) is 123 cm³/mol. The first-order chi connectivity index (χ1) is 14.3. The monoisotopic (exact) mass is 458 g/mol. The van der Waals surface area contributed by atoms with Crippen LogP contribution in [-0.2, 0) is 6.54 Å². The molecule has 3 heterocycles. The number of amides is 2. The number of nitrogens with one attached hydrogen (secondary N) is 1. The summed E-state index contributed by atoms with van der Waals surface area (Å²) in [5.41, 5.74) is 8.47. The second kappa shape index (κ2) is 7.86. The number of carbonyl (C=O) groups excluding carboxylic acids is 2. The Bertz CT molecular complexity index is 1300. The van der Waals surface area contributed by atoms with Gasteiger partial charge in [-0.25, -0.2) is 0 Å². The molecule has 0 atom stereocenters. The molecule has 9 heteroatoms. The number of carbonyl (C=O) groups is 2. The van der Waals surface area contributed by atoms with E-state index in [1.54, 1.807) is 0 Å². The summed E-state index contributed by atoms with van der Waals surface area (Å²) in [7, 11) is 0. The lowest BCUT2D eigenvalue weighted by Crippen LogP contribution is -2.16. The molecule has 6 nitrogen and oxygen atoms in total. The summed E-state index contributed by atoms with van der Waals surface area (Å²) < 4.78 is 1.86. The van der Waals surface area contributed by atoms with Crippen molar-refractivity contribution in [3.05, 3.63) is 67.5 Å². The second-order valence-corrected chi connectivity index (χ2v) is 9.63. The topological polar surface area (TPSA) is 90.0 Å². The summed E-state index contributed by atoms with van der Waals surface area (Å²) in [6.07, 6.45) is 0. The van der Waals surface area contributed by atoms with Crippen LogP contribution in [0.5, 0.6) is 0 Å². The van der Waals surface area contributed by atoms with Crippen LogP contribution < -0.4 is 11.1 Å². The average Bonchev–Trinajstić information content (AvgIpc) is 3.32. The van der Waals surface area contributed by atoms with Gasteiger partial charge in [0.05, 0.1) is 22.7 Å². The Hall–Kier alpha value is -2.68. The summed E-state index contributed by atoms with van der Waals surface area (Å²) in [4.78, 5) is 27.1. The molecule has 0 spiro atoms. The van der Waals surface area contributed by atoms with Gasteiger partial charge >= 0.3 is 0 Å². The summed E-state index contributed by atoms with van der Waals surface area (Å²) in [6.45, 7) is 6.15. The SMILES string of the molecule is Cc1sc(NC(=O)c2cc3c(C)nn(Cc4ccccc4Cl)c3s2)c(C(N)=O)c1C. The van der Waals surface area contributed by atoms with Gasteiger partial charge in [0.2, 0.25) is 0 Å². The highest BCUT2D eigenvalue weighted by atomic mass is 35.5. The van der Waals surface area contributed by atoms with Crippen LogP contribution in [0.3, 0.4) is 0 Å². The van der Waals surface area contributed by atoms with Crippen molar-refractivity contribution >= 4 is 61.3 Å². The third-order valence-electron chi connectivity index (χ3n) is 4.97. The molecule has 1 aromatic carbocycles. The largest absolute Gasteiger partial charge is 0.365 e. The van der Waals surface area contributed by atoms with Crippen molar-refractivity contribution < 1.29 is 9.59 Å². The normalized spacial score (nSPS) is 11.2. The van der Waals surface area contributed by atoms with E-state index in [1.165, 1.54) is 22.7 Å². The molecular weight excluding hydrogens is 440 g/mol. The highest BCUT2D eigenvalue weighted by molar-refractivity contribution is 7.21. The first-order valence-corrected chi connectivity index (χ1v) is 11.2. The lowest BCUT2D eigenvalue weighted by atomic mass is 10.1. The van der Waals surface area contributed by atoms with Gasteiger partial charge in [-0.3, -0.25) is 14.3 Å². The molecule has 4 rings (SSSR count). The first kappa shape index (κ1) is 20.6. The molecule has 0 saturated heterocycles. The number of nitrogens with two attached hydrogens (primary N) is 1. The Morgan fingerprint density at radius 1 is 1.20 bits per heavy atom. The maximum absolute atomic E-state index is 12.9. The van der Waals surface area contributed by atoms with Crippen LogP contribution in [0.1, 0.15) is 41.7 Å². The molecule has 0 aliphatic carbocycles. The van der Waals surface area contributed by atoms with E-state index in [1.807, 2.05) is 55.8 Å². The molecule has 3 N–H and O–H groups in total. The van der Waals surface area contributed by atoms with Crippen LogP contribution in [0.15, 0.2) is 30.3 Å². The van der Waals surface area contributed by atoms with Crippen molar-refractivity contribution in [2.45, 2.75) is 27.3 Å².